The first kappa shape index (κ1) is 22.8. The van der Waals surface area contributed by atoms with Gasteiger partial charge in [0, 0.05) is 18.1 Å². The number of allylic oxidation sites excluding steroid dienone is 4. The van der Waals surface area contributed by atoms with Gasteiger partial charge in [-0.1, -0.05) is 56.5 Å². The number of esters is 1. The minimum Gasteiger partial charge on any atom is -0.507 e. The Morgan fingerprint density at radius 1 is 1.22 bits per heavy atom. The molecule has 148 valence electrons. The molecule has 2 rings (SSSR count). The van der Waals surface area contributed by atoms with Crippen LogP contribution in [0.25, 0.3) is 0 Å². The zero-order chi connectivity index (χ0) is 20.4. The average molecular weight is 395 g/mol. The second-order valence-corrected chi connectivity index (χ2v) is 6.36. The molecule has 0 aromatic heterocycles. The Labute approximate surface area is 165 Å². The number of rotatable bonds is 8. The fourth-order valence-electron chi connectivity index (χ4n) is 2.38. The first-order valence-corrected chi connectivity index (χ1v) is 9.54. The molecule has 1 aliphatic carbocycles. The molecule has 0 radical (unpaired) electrons. The Balaban J connectivity index is 0.00000176. The Morgan fingerprint density at radius 3 is 2.48 bits per heavy atom. The van der Waals surface area contributed by atoms with E-state index in [1.165, 1.54) is 6.08 Å². The van der Waals surface area contributed by atoms with E-state index in [0.717, 1.165) is 25.3 Å². The van der Waals surface area contributed by atoms with Gasteiger partial charge in [-0.15, -0.1) is 0 Å². The van der Waals surface area contributed by atoms with Gasteiger partial charge in [0.05, 0.1) is 11.6 Å². The summed E-state index contributed by atoms with van der Waals surface area (Å²) in [5.74, 6) is -1.33. The Kier molecular flexibility index (Phi) is 9.65. The van der Waals surface area contributed by atoms with Crippen LogP contribution in [-0.2, 0) is 16.0 Å². The predicted molar refractivity (Wildman–Crippen MR) is 106 cm³/mol. The summed E-state index contributed by atoms with van der Waals surface area (Å²) in [6, 6.07) is 0.976. The zero-order valence-corrected chi connectivity index (χ0v) is 16.8. The van der Waals surface area contributed by atoms with Crippen LogP contribution in [0.1, 0.15) is 56.0 Å². The molecule has 0 unspecified atom stereocenters. The van der Waals surface area contributed by atoms with Crippen LogP contribution in [0.2, 0.25) is 5.02 Å². The molecule has 1 fully saturated rings. The molecule has 0 heterocycles. The van der Waals surface area contributed by atoms with Crippen molar-refractivity contribution >= 4 is 23.4 Å². The van der Waals surface area contributed by atoms with Gasteiger partial charge in [0.2, 0.25) is 0 Å². The number of aromatic hydroxyl groups is 2. The molecule has 0 saturated heterocycles. The van der Waals surface area contributed by atoms with Crippen molar-refractivity contribution in [2.75, 3.05) is 6.61 Å². The lowest BCUT2D eigenvalue weighted by Gasteiger charge is -2.13. The molecule has 1 aromatic rings. The standard InChI is InChI=1S/C19H21ClO5.C2H6/c1-2-3-4-5-13(21)10-14-17(15(22)11-16(23)18(14)20)19(24)25-9-8-12-6-7-12;1-2/h2-5,11-12,22-23H,6-10H2,1H3;1-2H3/b3-2-,5-4+;. The first-order valence-electron chi connectivity index (χ1n) is 9.16. The van der Waals surface area contributed by atoms with Crippen molar-refractivity contribution in [3.8, 4) is 11.5 Å². The van der Waals surface area contributed by atoms with E-state index in [0.29, 0.717) is 5.92 Å². The van der Waals surface area contributed by atoms with E-state index in [1.807, 2.05) is 20.8 Å². The molecule has 1 aliphatic rings. The monoisotopic (exact) mass is 394 g/mol. The number of hydrogen-bond donors (Lipinski definition) is 2. The summed E-state index contributed by atoms with van der Waals surface area (Å²) in [4.78, 5) is 24.4. The topological polar surface area (TPSA) is 83.8 Å². The third-order valence-corrected chi connectivity index (χ3v) is 4.34. The molecule has 0 amide bonds. The predicted octanol–water partition coefficient (Wildman–Crippen LogP) is 4.98. The molecule has 27 heavy (non-hydrogen) atoms. The number of halogens is 1. The van der Waals surface area contributed by atoms with Crippen molar-refractivity contribution in [1.29, 1.82) is 0 Å². The number of ether oxygens (including phenoxy) is 1. The lowest BCUT2D eigenvalue weighted by Crippen LogP contribution is -2.13. The molecule has 2 N–H and O–H groups in total. The number of carbonyl (C=O) groups is 2. The summed E-state index contributed by atoms with van der Waals surface area (Å²) >= 11 is 6.06. The minimum atomic E-state index is -0.750. The second kappa shape index (κ2) is 11.4. The molecule has 0 bridgehead atoms. The van der Waals surface area contributed by atoms with E-state index in [-0.39, 0.29) is 35.0 Å². The van der Waals surface area contributed by atoms with Crippen LogP contribution in [0.15, 0.2) is 30.4 Å². The van der Waals surface area contributed by atoms with Crippen molar-refractivity contribution in [3.63, 3.8) is 0 Å². The Bertz CT molecular complexity index is 718. The highest BCUT2D eigenvalue weighted by Gasteiger charge is 2.26. The SMILES string of the molecule is C/C=C\C=C\C(=O)Cc1c(Cl)c(O)cc(O)c1C(=O)OCCC1CC1.CC. The highest BCUT2D eigenvalue weighted by atomic mass is 35.5. The lowest BCUT2D eigenvalue weighted by molar-refractivity contribution is -0.114. The van der Waals surface area contributed by atoms with Crippen LogP contribution < -0.4 is 0 Å². The van der Waals surface area contributed by atoms with Crippen molar-refractivity contribution in [3.05, 3.63) is 46.5 Å². The summed E-state index contributed by atoms with van der Waals surface area (Å²) in [7, 11) is 0. The summed E-state index contributed by atoms with van der Waals surface area (Å²) in [5.41, 5.74) is -0.114. The molecule has 1 aromatic carbocycles. The van der Waals surface area contributed by atoms with Crippen molar-refractivity contribution in [2.45, 2.75) is 46.5 Å². The van der Waals surface area contributed by atoms with E-state index in [1.54, 1.807) is 18.2 Å². The fraction of sp³-hybridized carbons (Fsp3) is 0.429. The molecule has 0 atom stereocenters. The normalized spacial score (nSPS) is 13.5. The maximum absolute atomic E-state index is 12.3. The molecular formula is C21H27ClO5. The van der Waals surface area contributed by atoms with Crippen LogP contribution >= 0.6 is 11.6 Å². The Morgan fingerprint density at radius 2 is 1.89 bits per heavy atom. The van der Waals surface area contributed by atoms with E-state index in [9.17, 15) is 19.8 Å². The highest BCUT2D eigenvalue weighted by Crippen LogP contribution is 2.37. The molecule has 0 aliphatic heterocycles. The molecular weight excluding hydrogens is 368 g/mol. The van der Waals surface area contributed by atoms with E-state index >= 15 is 0 Å². The maximum atomic E-state index is 12.3. The highest BCUT2D eigenvalue weighted by molar-refractivity contribution is 6.33. The number of phenolic OH excluding ortho intramolecular Hbond substituents is 2. The largest absolute Gasteiger partial charge is 0.507 e. The minimum absolute atomic E-state index is 0.0608. The molecule has 5 nitrogen and oxygen atoms in total. The van der Waals surface area contributed by atoms with Gasteiger partial charge in [-0.3, -0.25) is 4.79 Å². The van der Waals surface area contributed by atoms with Crippen molar-refractivity contribution < 1.29 is 24.5 Å². The van der Waals surface area contributed by atoms with Crippen LogP contribution in [0.5, 0.6) is 11.5 Å². The van der Waals surface area contributed by atoms with E-state index in [4.69, 9.17) is 16.3 Å². The second-order valence-electron chi connectivity index (χ2n) is 5.98. The quantitative estimate of drug-likeness (QED) is 0.369. The van der Waals surface area contributed by atoms with Crippen molar-refractivity contribution in [2.24, 2.45) is 5.92 Å². The number of phenols is 2. The first-order chi connectivity index (χ1) is 12.9. The fourth-order valence-corrected chi connectivity index (χ4v) is 2.60. The number of hydrogen-bond acceptors (Lipinski definition) is 5. The van der Waals surface area contributed by atoms with Crippen LogP contribution in [0.3, 0.4) is 0 Å². The maximum Gasteiger partial charge on any atom is 0.342 e. The lowest BCUT2D eigenvalue weighted by atomic mass is 10.00. The molecule has 1 saturated carbocycles. The van der Waals surface area contributed by atoms with Gasteiger partial charge in [0.15, 0.2) is 5.78 Å². The van der Waals surface area contributed by atoms with Crippen LogP contribution in [-0.4, -0.2) is 28.6 Å². The van der Waals surface area contributed by atoms with Gasteiger partial charge in [0.1, 0.15) is 17.1 Å². The summed E-state index contributed by atoms with van der Waals surface area (Å²) < 4.78 is 5.20. The summed E-state index contributed by atoms with van der Waals surface area (Å²) in [6.07, 6.45) is 9.18. The van der Waals surface area contributed by atoms with Crippen molar-refractivity contribution in [1.82, 2.24) is 0 Å². The zero-order valence-electron chi connectivity index (χ0n) is 16.0. The smallest absolute Gasteiger partial charge is 0.342 e. The van der Waals surface area contributed by atoms with E-state index in [2.05, 4.69) is 0 Å². The number of ketones is 1. The van der Waals surface area contributed by atoms with Crippen LogP contribution in [0.4, 0.5) is 0 Å². The molecule has 0 spiro atoms. The van der Waals surface area contributed by atoms with Gasteiger partial charge < -0.3 is 14.9 Å². The Hall–Kier alpha value is -2.27. The van der Waals surface area contributed by atoms with Gasteiger partial charge in [-0.2, -0.15) is 0 Å². The third kappa shape index (κ3) is 7.10. The number of benzene rings is 1. The van der Waals surface area contributed by atoms with Gasteiger partial charge in [-0.05, 0) is 25.3 Å². The van der Waals surface area contributed by atoms with Gasteiger partial charge in [0.25, 0.3) is 0 Å². The summed E-state index contributed by atoms with van der Waals surface area (Å²) in [6.45, 7) is 6.06. The van der Waals surface area contributed by atoms with E-state index < -0.39 is 17.5 Å². The van der Waals surface area contributed by atoms with Gasteiger partial charge in [-0.25, -0.2) is 4.79 Å². The molecule has 6 heteroatoms. The summed E-state index contributed by atoms with van der Waals surface area (Å²) in [5, 5.41) is 19.7. The van der Waals surface area contributed by atoms with Crippen LogP contribution in [0, 0.1) is 5.92 Å². The van der Waals surface area contributed by atoms with Gasteiger partial charge >= 0.3 is 5.97 Å². The third-order valence-electron chi connectivity index (χ3n) is 3.92. The number of carbonyl (C=O) groups excluding carboxylic acids is 2. The average Bonchev–Trinajstić information content (AvgIpc) is 3.45.